The van der Waals surface area contributed by atoms with Crippen molar-refractivity contribution in [1.82, 2.24) is 10.4 Å². The summed E-state index contributed by atoms with van der Waals surface area (Å²) >= 11 is 11.1. The first kappa shape index (κ1) is 26.6. The van der Waals surface area contributed by atoms with Gasteiger partial charge in [0.05, 0.1) is 11.9 Å². The smallest absolute Gasteiger partial charge is 0.271 e. The summed E-state index contributed by atoms with van der Waals surface area (Å²) in [5.41, 5.74) is 7.47. The van der Waals surface area contributed by atoms with E-state index in [1.807, 2.05) is 90.3 Å². The van der Waals surface area contributed by atoms with Crippen LogP contribution in [-0.2, 0) is 6.61 Å². The van der Waals surface area contributed by atoms with Crippen LogP contribution in [0.25, 0.3) is 11.3 Å². The number of anilines is 2. The van der Waals surface area contributed by atoms with Crippen LogP contribution in [0.2, 0.25) is 5.02 Å². The average molecular weight is 618 g/mol. The summed E-state index contributed by atoms with van der Waals surface area (Å²) in [6.45, 7) is 0.352. The van der Waals surface area contributed by atoms with Gasteiger partial charge in [-0.15, -0.1) is 11.3 Å². The van der Waals surface area contributed by atoms with Gasteiger partial charge < -0.3 is 10.1 Å². The standard InChI is InChI=1S/C30H22BrClN4O2S/c31-24-13-14-28(38-18-20-5-4-6-25(32)15-20)23(16-24)17-33-36-29(37)22-11-9-21(10-12-22)27-19-39-30(35-27)34-26-7-2-1-3-8-26/h1-17,19H,18H2,(H,34,35)(H,36,37)/b33-17-. The number of hydrogen-bond acceptors (Lipinski definition) is 6. The molecule has 0 aliphatic rings. The predicted octanol–water partition coefficient (Wildman–Crippen LogP) is 8.31. The normalized spacial score (nSPS) is 10.9. The summed E-state index contributed by atoms with van der Waals surface area (Å²) in [5.74, 6) is 0.309. The van der Waals surface area contributed by atoms with Crippen LogP contribution < -0.4 is 15.5 Å². The first-order valence-corrected chi connectivity index (χ1v) is 14.0. The number of aromatic nitrogens is 1. The van der Waals surface area contributed by atoms with Gasteiger partial charge in [0.2, 0.25) is 0 Å². The van der Waals surface area contributed by atoms with Crippen LogP contribution in [-0.4, -0.2) is 17.1 Å². The third-order valence-electron chi connectivity index (χ3n) is 5.60. The van der Waals surface area contributed by atoms with Gasteiger partial charge in [-0.3, -0.25) is 4.79 Å². The fourth-order valence-electron chi connectivity index (χ4n) is 3.67. The predicted molar refractivity (Wildman–Crippen MR) is 162 cm³/mol. The van der Waals surface area contributed by atoms with E-state index in [9.17, 15) is 4.79 Å². The van der Waals surface area contributed by atoms with Gasteiger partial charge in [-0.25, -0.2) is 10.4 Å². The van der Waals surface area contributed by atoms with Crippen molar-refractivity contribution in [2.75, 3.05) is 5.32 Å². The van der Waals surface area contributed by atoms with Crippen LogP contribution in [0.3, 0.4) is 0 Å². The molecule has 0 spiro atoms. The van der Waals surface area contributed by atoms with Crippen molar-refractivity contribution in [1.29, 1.82) is 0 Å². The van der Waals surface area contributed by atoms with Crippen molar-refractivity contribution in [2.45, 2.75) is 6.61 Å². The number of hydrogen-bond donors (Lipinski definition) is 2. The molecule has 4 aromatic carbocycles. The molecule has 2 N–H and O–H groups in total. The molecule has 5 aromatic rings. The van der Waals surface area contributed by atoms with Crippen LogP contribution in [0.1, 0.15) is 21.5 Å². The van der Waals surface area contributed by atoms with Crippen LogP contribution in [0.5, 0.6) is 5.75 Å². The first-order valence-electron chi connectivity index (χ1n) is 11.9. The molecule has 5 rings (SSSR count). The first-order chi connectivity index (χ1) is 19.0. The molecular weight excluding hydrogens is 596 g/mol. The molecule has 0 radical (unpaired) electrons. The van der Waals surface area contributed by atoms with Crippen molar-refractivity contribution < 1.29 is 9.53 Å². The highest BCUT2D eigenvalue weighted by molar-refractivity contribution is 9.10. The van der Waals surface area contributed by atoms with Gasteiger partial charge in [0, 0.05) is 37.3 Å². The Morgan fingerprint density at radius 2 is 1.82 bits per heavy atom. The maximum Gasteiger partial charge on any atom is 0.271 e. The topological polar surface area (TPSA) is 75.6 Å². The lowest BCUT2D eigenvalue weighted by atomic mass is 10.1. The number of hydrazone groups is 1. The minimum Gasteiger partial charge on any atom is -0.488 e. The van der Waals surface area contributed by atoms with Crippen LogP contribution >= 0.6 is 38.9 Å². The second-order valence-corrected chi connectivity index (χ2v) is 10.6. The molecule has 0 atom stereocenters. The molecule has 0 saturated carbocycles. The summed E-state index contributed by atoms with van der Waals surface area (Å²) in [6, 6.07) is 30.2. The molecule has 1 amide bonds. The summed E-state index contributed by atoms with van der Waals surface area (Å²) < 4.78 is 6.84. The van der Waals surface area contributed by atoms with Gasteiger partial charge in [0.15, 0.2) is 5.13 Å². The Hall–Kier alpha value is -3.98. The van der Waals surface area contributed by atoms with E-state index in [-0.39, 0.29) is 5.91 Å². The van der Waals surface area contributed by atoms with Gasteiger partial charge in [0.1, 0.15) is 12.4 Å². The third kappa shape index (κ3) is 7.32. The third-order valence-corrected chi connectivity index (χ3v) is 7.08. The number of para-hydroxylation sites is 1. The Morgan fingerprint density at radius 1 is 1.00 bits per heavy atom. The number of nitrogens with zero attached hydrogens (tertiary/aromatic N) is 2. The summed E-state index contributed by atoms with van der Waals surface area (Å²) in [4.78, 5) is 17.3. The molecule has 0 aliphatic heterocycles. The molecule has 0 fully saturated rings. The Kier molecular flexibility index (Phi) is 8.68. The van der Waals surface area contributed by atoms with Crippen LogP contribution in [0, 0.1) is 0 Å². The number of nitrogens with one attached hydrogen (secondary N) is 2. The van der Waals surface area contributed by atoms with Gasteiger partial charge >= 0.3 is 0 Å². The largest absolute Gasteiger partial charge is 0.488 e. The monoisotopic (exact) mass is 616 g/mol. The lowest BCUT2D eigenvalue weighted by Gasteiger charge is -2.10. The van der Waals surface area contributed by atoms with Crippen LogP contribution in [0.15, 0.2) is 112 Å². The molecule has 39 heavy (non-hydrogen) atoms. The van der Waals surface area contributed by atoms with E-state index in [4.69, 9.17) is 16.3 Å². The lowest BCUT2D eigenvalue weighted by Crippen LogP contribution is -2.17. The van der Waals surface area contributed by atoms with Gasteiger partial charge in [0.25, 0.3) is 5.91 Å². The number of thiazole rings is 1. The highest BCUT2D eigenvalue weighted by atomic mass is 79.9. The Morgan fingerprint density at radius 3 is 2.62 bits per heavy atom. The number of amides is 1. The highest BCUT2D eigenvalue weighted by Crippen LogP contribution is 2.27. The molecule has 0 unspecified atom stereocenters. The number of benzene rings is 4. The van der Waals surface area contributed by atoms with E-state index in [2.05, 4.69) is 36.8 Å². The quantitative estimate of drug-likeness (QED) is 0.129. The van der Waals surface area contributed by atoms with E-state index in [0.29, 0.717) is 28.5 Å². The summed E-state index contributed by atoms with van der Waals surface area (Å²) in [5, 5.41) is 10.9. The number of carbonyl (C=O) groups is 1. The molecule has 1 heterocycles. The molecule has 194 valence electrons. The summed E-state index contributed by atoms with van der Waals surface area (Å²) in [6.07, 6.45) is 1.56. The van der Waals surface area contributed by atoms with Crippen LogP contribution in [0.4, 0.5) is 10.8 Å². The molecule has 0 bridgehead atoms. The zero-order valence-corrected chi connectivity index (χ0v) is 23.6. The zero-order chi connectivity index (χ0) is 27.0. The molecule has 0 aliphatic carbocycles. The van der Waals surface area contributed by atoms with Crippen molar-refractivity contribution in [3.63, 3.8) is 0 Å². The Bertz CT molecular complexity index is 1610. The van der Waals surface area contributed by atoms with E-state index in [1.54, 1.807) is 18.3 Å². The summed E-state index contributed by atoms with van der Waals surface area (Å²) in [7, 11) is 0. The number of ether oxygens (including phenoxy) is 1. The second kappa shape index (κ2) is 12.7. The number of halogens is 2. The minimum atomic E-state index is -0.320. The fraction of sp³-hybridized carbons (Fsp3) is 0.0333. The minimum absolute atomic E-state index is 0.320. The SMILES string of the molecule is O=C(N/N=C\c1cc(Br)ccc1OCc1cccc(Cl)c1)c1ccc(-c2csc(Nc3ccccc3)n2)cc1. The number of carbonyl (C=O) groups excluding carboxylic acids is 1. The molecular formula is C30H22BrClN4O2S. The maximum absolute atomic E-state index is 12.7. The molecule has 6 nitrogen and oxygen atoms in total. The second-order valence-electron chi connectivity index (χ2n) is 8.41. The van der Waals surface area contributed by atoms with E-state index < -0.39 is 0 Å². The molecule has 0 saturated heterocycles. The van der Waals surface area contributed by atoms with Gasteiger partial charge in [-0.1, -0.05) is 70.0 Å². The van der Waals surface area contributed by atoms with E-state index in [1.165, 1.54) is 11.3 Å². The van der Waals surface area contributed by atoms with Crippen molar-refractivity contribution in [2.24, 2.45) is 5.10 Å². The van der Waals surface area contributed by atoms with E-state index in [0.717, 1.165) is 32.1 Å². The fourth-order valence-corrected chi connectivity index (χ4v) is 5.00. The van der Waals surface area contributed by atoms with E-state index >= 15 is 0 Å². The number of rotatable bonds is 9. The zero-order valence-electron chi connectivity index (χ0n) is 20.5. The Balaban J connectivity index is 1.20. The van der Waals surface area contributed by atoms with Gasteiger partial charge in [-0.2, -0.15) is 5.10 Å². The molecule has 1 aromatic heterocycles. The van der Waals surface area contributed by atoms with Crippen molar-refractivity contribution in [3.8, 4) is 17.0 Å². The van der Waals surface area contributed by atoms with Crippen molar-refractivity contribution >= 4 is 61.8 Å². The highest BCUT2D eigenvalue weighted by Gasteiger charge is 2.09. The van der Waals surface area contributed by atoms with Crippen molar-refractivity contribution in [3.05, 3.63) is 129 Å². The maximum atomic E-state index is 12.7. The van der Waals surface area contributed by atoms with Gasteiger partial charge in [-0.05, 0) is 60.2 Å². The Labute approximate surface area is 243 Å². The lowest BCUT2D eigenvalue weighted by molar-refractivity contribution is 0.0955. The average Bonchev–Trinajstić information content (AvgIpc) is 3.41. The molecule has 9 heteroatoms.